The van der Waals surface area contributed by atoms with E-state index in [0.717, 1.165) is 4.31 Å². The number of sulfonamides is 1. The number of nitrogens with one attached hydrogen (secondary N) is 1. The van der Waals surface area contributed by atoms with Gasteiger partial charge in [0.1, 0.15) is 0 Å². The Hall–Kier alpha value is -3.29. The predicted molar refractivity (Wildman–Crippen MR) is 115 cm³/mol. The molecule has 0 atom stereocenters. The summed E-state index contributed by atoms with van der Waals surface area (Å²) in [7, 11) is -4.08. The van der Waals surface area contributed by atoms with Gasteiger partial charge in [0.2, 0.25) is 0 Å². The van der Waals surface area contributed by atoms with E-state index in [2.05, 4.69) is 5.32 Å². The molecule has 8 heteroatoms. The number of aliphatic hydroxyl groups is 1. The van der Waals surface area contributed by atoms with E-state index in [4.69, 9.17) is 11.6 Å². The van der Waals surface area contributed by atoms with Crippen LogP contribution in [0.5, 0.6) is 0 Å². The molecule has 0 aliphatic carbocycles. The van der Waals surface area contributed by atoms with Crippen LogP contribution in [0.25, 0.3) is 5.76 Å². The highest BCUT2D eigenvalue weighted by molar-refractivity contribution is 7.89. The van der Waals surface area contributed by atoms with Gasteiger partial charge in [0.15, 0.2) is 11.5 Å². The van der Waals surface area contributed by atoms with Crippen molar-refractivity contribution in [2.45, 2.75) is 11.4 Å². The summed E-state index contributed by atoms with van der Waals surface area (Å²) >= 11 is 5.97. The lowest BCUT2D eigenvalue weighted by atomic mass is 10.1. The fourth-order valence-electron chi connectivity index (χ4n) is 3.26. The van der Waals surface area contributed by atoms with Crippen LogP contribution in [0.3, 0.4) is 0 Å². The van der Waals surface area contributed by atoms with Gasteiger partial charge in [-0.15, -0.1) is 0 Å². The highest BCUT2D eigenvalue weighted by Crippen LogP contribution is 2.37. The van der Waals surface area contributed by atoms with Crippen LogP contribution in [0.2, 0.25) is 5.02 Å². The van der Waals surface area contributed by atoms with Crippen LogP contribution in [0.1, 0.15) is 11.1 Å². The number of fused-ring (bicyclic) bond motifs is 1. The molecular weight excluding hydrogens is 424 g/mol. The molecule has 4 rings (SSSR count). The van der Waals surface area contributed by atoms with Gasteiger partial charge in [-0.25, -0.2) is 8.42 Å². The summed E-state index contributed by atoms with van der Waals surface area (Å²) in [6.07, 6.45) is 0. The van der Waals surface area contributed by atoms with E-state index in [0.29, 0.717) is 16.3 Å². The third kappa shape index (κ3) is 3.65. The standard InChI is InChI=1S/C22H17ClN2O4S/c23-16-9-6-10-17(13-16)24-22(27)20-21(26)18-11-4-5-12-19(18)30(28,29)25(20)14-15-7-2-1-3-8-15/h1-13,26H,14H2,(H,24,27). The predicted octanol–water partition coefficient (Wildman–Crippen LogP) is 4.41. The van der Waals surface area contributed by atoms with Gasteiger partial charge in [-0.1, -0.05) is 60.1 Å². The average molecular weight is 441 g/mol. The van der Waals surface area contributed by atoms with E-state index >= 15 is 0 Å². The summed E-state index contributed by atoms with van der Waals surface area (Å²) in [5, 5.41) is 13.9. The van der Waals surface area contributed by atoms with Crippen molar-refractivity contribution in [3.8, 4) is 0 Å². The number of benzene rings is 3. The van der Waals surface area contributed by atoms with Gasteiger partial charge in [-0.05, 0) is 35.9 Å². The largest absolute Gasteiger partial charge is 0.505 e. The van der Waals surface area contributed by atoms with Crippen LogP contribution in [0.15, 0.2) is 89.5 Å². The Morgan fingerprint density at radius 1 is 0.967 bits per heavy atom. The Morgan fingerprint density at radius 3 is 2.40 bits per heavy atom. The van der Waals surface area contributed by atoms with Gasteiger partial charge in [0.05, 0.1) is 11.4 Å². The maximum atomic E-state index is 13.4. The molecule has 0 fully saturated rings. The summed E-state index contributed by atoms with van der Waals surface area (Å²) in [5.74, 6) is -1.17. The monoisotopic (exact) mass is 440 g/mol. The first-order valence-corrected chi connectivity index (χ1v) is 10.9. The zero-order chi connectivity index (χ0) is 21.3. The van der Waals surface area contributed by atoms with Crippen LogP contribution in [0.4, 0.5) is 5.69 Å². The number of anilines is 1. The second kappa shape index (κ2) is 7.85. The first-order chi connectivity index (χ1) is 14.4. The van der Waals surface area contributed by atoms with Crippen LogP contribution < -0.4 is 5.32 Å². The second-order valence-electron chi connectivity index (χ2n) is 6.66. The molecule has 0 saturated heterocycles. The van der Waals surface area contributed by atoms with Crippen LogP contribution in [0, 0.1) is 0 Å². The molecule has 2 N–H and O–H groups in total. The summed E-state index contributed by atoms with van der Waals surface area (Å²) in [6.45, 7) is -0.111. The molecule has 0 spiro atoms. The van der Waals surface area contributed by atoms with Crippen molar-refractivity contribution in [2.75, 3.05) is 5.32 Å². The first-order valence-electron chi connectivity index (χ1n) is 9.04. The molecule has 1 heterocycles. The van der Waals surface area contributed by atoms with E-state index in [9.17, 15) is 18.3 Å². The van der Waals surface area contributed by atoms with Crippen molar-refractivity contribution in [3.05, 3.63) is 101 Å². The van der Waals surface area contributed by atoms with Crippen molar-refractivity contribution in [1.82, 2.24) is 4.31 Å². The molecule has 1 aliphatic heterocycles. The quantitative estimate of drug-likeness (QED) is 0.629. The lowest BCUT2D eigenvalue weighted by molar-refractivity contribution is -0.113. The maximum absolute atomic E-state index is 13.4. The van der Waals surface area contributed by atoms with Gasteiger partial charge in [0, 0.05) is 16.3 Å². The smallest absolute Gasteiger partial charge is 0.276 e. The number of hydrogen-bond acceptors (Lipinski definition) is 4. The molecule has 6 nitrogen and oxygen atoms in total. The van der Waals surface area contributed by atoms with Crippen molar-refractivity contribution in [2.24, 2.45) is 0 Å². The zero-order valence-electron chi connectivity index (χ0n) is 15.6. The highest BCUT2D eigenvalue weighted by Gasteiger charge is 2.40. The van der Waals surface area contributed by atoms with Crippen LogP contribution in [-0.2, 0) is 21.4 Å². The Balaban J connectivity index is 1.83. The molecule has 0 unspecified atom stereocenters. The first kappa shape index (κ1) is 20.0. The molecule has 3 aromatic carbocycles. The van der Waals surface area contributed by atoms with Gasteiger partial charge >= 0.3 is 0 Å². The normalized spacial score (nSPS) is 14.9. The third-order valence-electron chi connectivity index (χ3n) is 4.65. The van der Waals surface area contributed by atoms with Crippen molar-refractivity contribution < 1.29 is 18.3 Å². The van der Waals surface area contributed by atoms with Gasteiger partial charge < -0.3 is 10.4 Å². The van der Waals surface area contributed by atoms with E-state index in [-0.39, 0.29) is 22.7 Å². The molecule has 0 radical (unpaired) electrons. The topological polar surface area (TPSA) is 86.7 Å². The summed E-state index contributed by atoms with van der Waals surface area (Å²) in [6, 6.07) is 21.4. The van der Waals surface area contributed by atoms with E-state index in [1.165, 1.54) is 18.2 Å². The van der Waals surface area contributed by atoms with Gasteiger partial charge in [-0.3, -0.25) is 9.10 Å². The molecule has 1 amide bonds. The van der Waals surface area contributed by atoms with E-state index in [1.807, 2.05) is 6.07 Å². The molecule has 0 saturated carbocycles. The molecule has 30 heavy (non-hydrogen) atoms. The molecule has 1 aliphatic rings. The number of hydrogen-bond donors (Lipinski definition) is 2. The Kier molecular flexibility index (Phi) is 5.24. The van der Waals surface area contributed by atoms with E-state index in [1.54, 1.807) is 54.6 Å². The minimum Gasteiger partial charge on any atom is -0.505 e. The summed E-state index contributed by atoms with van der Waals surface area (Å²) in [4.78, 5) is 13.1. The summed E-state index contributed by atoms with van der Waals surface area (Å²) < 4.78 is 27.6. The average Bonchev–Trinajstić information content (AvgIpc) is 2.73. The van der Waals surface area contributed by atoms with Gasteiger partial charge in [-0.2, -0.15) is 0 Å². The van der Waals surface area contributed by atoms with Crippen molar-refractivity contribution in [3.63, 3.8) is 0 Å². The fraction of sp³-hybridized carbons (Fsp3) is 0.0455. The molecule has 0 aromatic heterocycles. The second-order valence-corrected chi connectivity index (χ2v) is 8.92. The minimum atomic E-state index is -4.08. The minimum absolute atomic E-state index is 0.0577. The Bertz CT molecular complexity index is 1260. The van der Waals surface area contributed by atoms with Crippen LogP contribution in [-0.4, -0.2) is 23.7 Å². The lowest BCUT2D eigenvalue weighted by Gasteiger charge is -2.31. The molecular formula is C22H17ClN2O4S. The highest BCUT2D eigenvalue weighted by atomic mass is 35.5. The SMILES string of the molecule is O=C(Nc1cccc(Cl)c1)C1=C(O)c2ccccc2S(=O)(=O)N1Cc1ccccc1. The Morgan fingerprint density at radius 2 is 1.67 bits per heavy atom. The third-order valence-corrected chi connectivity index (χ3v) is 6.69. The number of halogens is 1. The zero-order valence-corrected chi connectivity index (χ0v) is 17.2. The summed E-state index contributed by atoms with van der Waals surface area (Å²) in [5.41, 5.74) is 0.778. The molecule has 3 aromatic rings. The van der Waals surface area contributed by atoms with Crippen LogP contribution >= 0.6 is 11.6 Å². The number of carbonyl (C=O) groups excluding carboxylic acids is 1. The molecule has 152 valence electrons. The van der Waals surface area contributed by atoms with Crippen molar-refractivity contribution >= 4 is 39.0 Å². The number of nitrogens with zero attached hydrogens (tertiary/aromatic N) is 1. The van der Waals surface area contributed by atoms with E-state index < -0.39 is 21.7 Å². The fourth-order valence-corrected chi connectivity index (χ4v) is 5.11. The number of rotatable bonds is 4. The van der Waals surface area contributed by atoms with Crippen molar-refractivity contribution in [1.29, 1.82) is 0 Å². The van der Waals surface area contributed by atoms with Gasteiger partial charge in [0.25, 0.3) is 15.9 Å². The number of amides is 1. The Labute approximate surface area is 179 Å². The number of carbonyl (C=O) groups is 1. The molecule has 0 bridgehead atoms. The number of aliphatic hydroxyl groups excluding tert-OH is 1. The maximum Gasteiger partial charge on any atom is 0.276 e. The lowest BCUT2D eigenvalue weighted by Crippen LogP contribution is -2.39.